The van der Waals surface area contributed by atoms with Crippen molar-refractivity contribution in [3.05, 3.63) is 0 Å². The zero-order chi connectivity index (χ0) is 12.3. The van der Waals surface area contributed by atoms with Crippen molar-refractivity contribution in [3.8, 4) is 0 Å². The lowest BCUT2D eigenvalue weighted by Gasteiger charge is -2.15. The molecule has 1 heterocycles. The lowest BCUT2D eigenvalue weighted by Crippen LogP contribution is -2.24. The van der Waals surface area contributed by atoms with Gasteiger partial charge < -0.3 is 10.6 Å². The molecule has 102 valence electrons. The van der Waals surface area contributed by atoms with Gasteiger partial charge in [-0.1, -0.05) is 51.9 Å². The zero-order valence-electron chi connectivity index (χ0n) is 11.8. The summed E-state index contributed by atoms with van der Waals surface area (Å²) in [5.41, 5.74) is 5.70. The first-order valence-corrected chi connectivity index (χ1v) is 7.79. The van der Waals surface area contributed by atoms with Gasteiger partial charge in [-0.2, -0.15) is 0 Å². The van der Waals surface area contributed by atoms with Gasteiger partial charge in [0.05, 0.1) is 0 Å². The second kappa shape index (κ2) is 9.90. The van der Waals surface area contributed by atoms with E-state index in [-0.39, 0.29) is 0 Å². The Hall–Kier alpha value is -0.0800. The zero-order valence-corrected chi connectivity index (χ0v) is 11.8. The summed E-state index contributed by atoms with van der Waals surface area (Å²) in [7, 11) is 0. The topological polar surface area (TPSA) is 29.3 Å². The van der Waals surface area contributed by atoms with Gasteiger partial charge in [-0.3, -0.25) is 0 Å². The highest BCUT2D eigenvalue weighted by Crippen LogP contribution is 2.16. The molecule has 2 N–H and O–H groups in total. The quantitative estimate of drug-likeness (QED) is 0.593. The van der Waals surface area contributed by atoms with Crippen molar-refractivity contribution < 1.29 is 0 Å². The molecule has 0 aromatic rings. The molecule has 0 aliphatic carbocycles. The molecule has 2 nitrogen and oxygen atoms in total. The Balaban J connectivity index is 1.81. The Labute approximate surface area is 108 Å². The standard InChI is InChI=1S/C15H32N2/c1-2-3-4-5-6-7-8-9-11-17-12-10-15(13-16)14-17/h15H,2-14,16H2,1H3. The lowest BCUT2D eigenvalue weighted by atomic mass is 10.1. The van der Waals surface area contributed by atoms with Crippen molar-refractivity contribution >= 4 is 0 Å². The molecule has 1 aliphatic heterocycles. The fourth-order valence-electron chi connectivity index (χ4n) is 2.78. The molecule has 17 heavy (non-hydrogen) atoms. The first kappa shape index (κ1) is 15.0. The fourth-order valence-corrected chi connectivity index (χ4v) is 2.78. The summed E-state index contributed by atoms with van der Waals surface area (Å²) in [6.45, 7) is 7.02. The normalized spacial score (nSPS) is 21.2. The van der Waals surface area contributed by atoms with Crippen molar-refractivity contribution in [2.75, 3.05) is 26.2 Å². The van der Waals surface area contributed by atoms with E-state index in [2.05, 4.69) is 11.8 Å². The summed E-state index contributed by atoms with van der Waals surface area (Å²) in [6.07, 6.45) is 12.7. The highest BCUT2D eigenvalue weighted by atomic mass is 15.1. The van der Waals surface area contributed by atoms with Gasteiger partial charge in [0, 0.05) is 6.54 Å². The monoisotopic (exact) mass is 240 g/mol. The average Bonchev–Trinajstić information content (AvgIpc) is 2.80. The maximum Gasteiger partial charge on any atom is 0.00222 e. The third-order valence-electron chi connectivity index (χ3n) is 4.03. The Bertz CT molecular complexity index is 170. The summed E-state index contributed by atoms with van der Waals surface area (Å²) in [6, 6.07) is 0. The van der Waals surface area contributed by atoms with Gasteiger partial charge in [0.1, 0.15) is 0 Å². The minimum atomic E-state index is 0.782. The van der Waals surface area contributed by atoms with Crippen LogP contribution >= 0.6 is 0 Å². The molecule has 0 radical (unpaired) electrons. The maximum absolute atomic E-state index is 5.70. The van der Waals surface area contributed by atoms with Gasteiger partial charge in [-0.25, -0.2) is 0 Å². The van der Waals surface area contributed by atoms with Gasteiger partial charge in [-0.15, -0.1) is 0 Å². The number of nitrogens with zero attached hydrogens (tertiary/aromatic N) is 1. The van der Waals surface area contributed by atoms with Crippen molar-refractivity contribution in [1.82, 2.24) is 4.90 Å². The van der Waals surface area contributed by atoms with Gasteiger partial charge in [0.25, 0.3) is 0 Å². The van der Waals surface area contributed by atoms with Crippen LogP contribution in [0.25, 0.3) is 0 Å². The summed E-state index contributed by atoms with van der Waals surface area (Å²) < 4.78 is 0. The highest BCUT2D eigenvalue weighted by molar-refractivity contribution is 4.75. The molecule has 0 aromatic carbocycles. The second-order valence-electron chi connectivity index (χ2n) is 5.67. The summed E-state index contributed by atoms with van der Waals surface area (Å²) in [5.74, 6) is 0.782. The minimum absolute atomic E-state index is 0.782. The molecule has 1 rings (SSSR count). The predicted molar refractivity (Wildman–Crippen MR) is 76.2 cm³/mol. The molecule has 0 aromatic heterocycles. The van der Waals surface area contributed by atoms with Crippen LogP contribution in [0.4, 0.5) is 0 Å². The van der Waals surface area contributed by atoms with Crippen molar-refractivity contribution in [3.63, 3.8) is 0 Å². The number of unbranched alkanes of at least 4 members (excludes halogenated alkanes) is 7. The Morgan fingerprint density at radius 1 is 1.00 bits per heavy atom. The predicted octanol–water partition coefficient (Wildman–Crippen LogP) is 3.41. The van der Waals surface area contributed by atoms with E-state index in [1.54, 1.807) is 0 Å². The van der Waals surface area contributed by atoms with Crippen molar-refractivity contribution in [1.29, 1.82) is 0 Å². The summed E-state index contributed by atoms with van der Waals surface area (Å²) >= 11 is 0. The summed E-state index contributed by atoms with van der Waals surface area (Å²) in [4.78, 5) is 2.61. The van der Waals surface area contributed by atoms with E-state index in [4.69, 9.17) is 5.73 Å². The molecule has 0 saturated carbocycles. The van der Waals surface area contributed by atoms with Gasteiger partial charge >= 0.3 is 0 Å². The molecule has 1 aliphatic rings. The molecule has 1 fully saturated rings. The number of hydrogen-bond donors (Lipinski definition) is 1. The Kier molecular flexibility index (Phi) is 8.72. The SMILES string of the molecule is CCCCCCCCCCN1CCC(CN)C1. The molecular weight excluding hydrogens is 208 g/mol. The fraction of sp³-hybridized carbons (Fsp3) is 1.00. The van der Waals surface area contributed by atoms with Crippen LogP contribution in [0.2, 0.25) is 0 Å². The van der Waals surface area contributed by atoms with Crippen molar-refractivity contribution in [2.45, 2.75) is 64.7 Å². The molecular formula is C15H32N2. The van der Waals surface area contributed by atoms with Crippen LogP contribution in [-0.4, -0.2) is 31.1 Å². The van der Waals surface area contributed by atoms with Gasteiger partial charge in [0.15, 0.2) is 0 Å². The van der Waals surface area contributed by atoms with E-state index in [1.807, 2.05) is 0 Å². The number of hydrogen-bond acceptors (Lipinski definition) is 2. The van der Waals surface area contributed by atoms with E-state index in [9.17, 15) is 0 Å². The second-order valence-corrected chi connectivity index (χ2v) is 5.67. The van der Waals surface area contributed by atoms with E-state index in [0.29, 0.717) is 0 Å². The van der Waals surface area contributed by atoms with Crippen LogP contribution in [0.1, 0.15) is 64.7 Å². The third-order valence-corrected chi connectivity index (χ3v) is 4.03. The first-order chi connectivity index (χ1) is 8.36. The van der Waals surface area contributed by atoms with E-state index < -0.39 is 0 Å². The van der Waals surface area contributed by atoms with Crippen LogP contribution in [-0.2, 0) is 0 Å². The number of nitrogens with two attached hydrogens (primary N) is 1. The van der Waals surface area contributed by atoms with Crippen LogP contribution in [0.15, 0.2) is 0 Å². The van der Waals surface area contributed by atoms with Crippen molar-refractivity contribution in [2.24, 2.45) is 11.7 Å². The summed E-state index contributed by atoms with van der Waals surface area (Å²) in [5, 5.41) is 0. The largest absolute Gasteiger partial charge is 0.330 e. The average molecular weight is 240 g/mol. The molecule has 0 spiro atoms. The van der Waals surface area contributed by atoms with E-state index >= 15 is 0 Å². The van der Waals surface area contributed by atoms with E-state index in [0.717, 1.165) is 12.5 Å². The Morgan fingerprint density at radius 2 is 1.65 bits per heavy atom. The van der Waals surface area contributed by atoms with Crippen LogP contribution in [0, 0.1) is 5.92 Å². The van der Waals surface area contributed by atoms with Gasteiger partial charge in [0.2, 0.25) is 0 Å². The molecule has 0 bridgehead atoms. The Morgan fingerprint density at radius 3 is 2.24 bits per heavy atom. The smallest absolute Gasteiger partial charge is 0.00222 e. The van der Waals surface area contributed by atoms with E-state index in [1.165, 1.54) is 77.4 Å². The highest BCUT2D eigenvalue weighted by Gasteiger charge is 2.19. The molecule has 0 amide bonds. The number of likely N-dealkylation sites (tertiary alicyclic amines) is 1. The molecule has 1 unspecified atom stereocenters. The maximum atomic E-state index is 5.70. The molecule has 1 atom stereocenters. The minimum Gasteiger partial charge on any atom is -0.330 e. The van der Waals surface area contributed by atoms with Crippen LogP contribution in [0.5, 0.6) is 0 Å². The number of rotatable bonds is 10. The first-order valence-electron chi connectivity index (χ1n) is 7.79. The lowest BCUT2D eigenvalue weighted by molar-refractivity contribution is 0.315. The van der Waals surface area contributed by atoms with Crippen LogP contribution < -0.4 is 5.73 Å². The molecule has 1 saturated heterocycles. The van der Waals surface area contributed by atoms with Crippen LogP contribution in [0.3, 0.4) is 0 Å². The molecule has 2 heteroatoms. The third kappa shape index (κ3) is 7.05. The van der Waals surface area contributed by atoms with Gasteiger partial charge in [-0.05, 0) is 38.4 Å².